The normalized spacial score (nSPS) is 12.9. The van der Waals surface area contributed by atoms with Crippen molar-refractivity contribution >= 4 is 5.69 Å². The molecule has 2 N–H and O–H groups in total. The van der Waals surface area contributed by atoms with E-state index in [2.05, 4.69) is 26.1 Å². The average Bonchev–Trinajstić information content (AvgIpc) is 2.10. The smallest absolute Gasteiger partial charge is 0.118 e. The summed E-state index contributed by atoms with van der Waals surface area (Å²) in [6, 6.07) is 6.10. The molecule has 84 valence electrons. The van der Waals surface area contributed by atoms with Gasteiger partial charge in [0.15, 0.2) is 0 Å². The molecular formula is C13H21NO. The van der Waals surface area contributed by atoms with Crippen molar-refractivity contribution in [3.8, 4) is 5.75 Å². The van der Waals surface area contributed by atoms with Gasteiger partial charge in [-0.15, -0.1) is 0 Å². The van der Waals surface area contributed by atoms with Crippen LogP contribution in [0.25, 0.3) is 0 Å². The summed E-state index contributed by atoms with van der Waals surface area (Å²) in [4.78, 5) is 0. The molecule has 0 radical (unpaired) electrons. The zero-order valence-electron chi connectivity index (χ0n) is 10.0. The van der Waals surface area contributed by atoms with Gasteiger partial charge in [0, 0.05) is 11.7 Å². The van der Waals surface area contributed by atoms with Gasteiger partial charge in [0.2, 0.25) is 0 Å². The first-order valence-electron chi connectivity index (χ1n) is 5.55. The second kappa shape index (κ2) is 5.06. The Bertz CT molecular complexity index is 320. The second-order valence-electron chi connectivity index (χ2n) is 4.68. The molecule has 15 heavy (non-hydrogen) atoms. The van der Waals surface area contributed by atoms with Crippen LogP contribution in [0.3, 0.4) is 0 Å². The van der Waals surface area contributed by atoms with E-state index < -0.39 is 0 Å². The van der Waals surface area contributed by atoms with E-state index in [1.54, 1.807) is 6.07 Å². The minimum absolute atomic E-state index is 0.358. The van der Waals surface area contributed by atoms with Crippen LogP contribution in [0.2, 0.25) is 0 Å². The Labute approximate surface area is 92.3 Å². The lowest BCUT2D eigenvalue weighted by atomic mass is 10.0. The highest BCUT2D eigenvalue weighted by Crippen LogP contribution is 2.21. The van der Waals surface area contributed by atoms with E-state index in [-0.39, 0.29) is 0 Å². The number of aromatic hydroxyl groups is 1. The van der Waals surface area contributed by atoms with Crippen LogP contribution < -0.4 is 5.32 Å². The third kappa shape index (κ3) is 3.82. The molecule has 0 fully saturated rings. The first-order valence-corrected chi connectivity index (χ1v) is 5.55. The van der Waals surface area contributed by atoms with Crippen LogP contribution in [0, 0.1) is 12.8 Å². The molecule has 0 aromatic heterocycles. The number of hydrogen-bond acceptors (Lipinski definition) is 2. The van der Waals surface area contributed by atoms with Gasteiger partial charge in [-0.25, -0.2) is 0 Å². The SMILES string of the molecule is Cc1cc(NC(C)CC(C)C)ccc1O. The summed E-state index contributed by atoms with van der Waals surface area (Å²) in [7, 11) is 0. The maximum Gasteiger partial charge on any atom is 0.118 e. The summed E-state index contributed by atoms with van der Waals surface area (Å²) in [5, 5.41) is 12.8. The van der Waals surface area contributed by atoms with Crippen LogP contribution in [0.1, 0.15) is 32.8 Å². The van der Waals surface area contributed by atoms with Crippen LogP contribution in [0.15, 0.2) is 18.2 Å². The number of anilines is 1. The molecule has 1 aromatic rings. The molecule has 1 aromatic carbocycles. The first-order chi connectivity index (χ1) is 6.99. The van der Waals surface area contributed by atoms with Gasteiger partial charge in [0.25, 0.3) is 0 Å². The van der Waals surface area contributed by atoms with Gasteiger partial charge in [0.05, 0.1) is 0 Å². The molecule has 0 saturated heterocycles. The monoisotopic (exact) mass is 207 g/mol. The third-order valence-corrected chi connectivity index (χ3v) is 2.43. The van der Waals surface area contributed by atoms with Crippen LogP contribution >= 0.6 is 0 Å². The minimum Gasteiger partial charge on any atom is -0.508 e. The molecule has 1 atom stereocenters. The van der Waals surface area contributed by atoms with E-state index in [9.17, 15) is 5.11 Å². The second-order valence-corrected chi connectivity index (χ2v) is 4.68. The van der Waals surface area contributed by atoms with Gasteiger partial charge in [0.1, 0.15) is 5.75 Å². The fourth-order valence-corrected chi connectivity index (χ4v) is 1.80. The summed E-state index contributed by atoms with van der Waals surface area (Å²) in [6.07, 6.45) is 1.15. The number of phenols is 1. The summed E-state index contributed by atoms with van der Waals surface area (Å²) in [5.74, 6) is 1.06. The lowest BCUT2D eigenvalue weighted by molar-refractivity contribution is 0.471. The van der Waals surface area contributed by atoms with Crippen LogP contribution in [0.5, 0.6) is 5.75 Å². The Hall–Kier alpha value is -1.18. The standard InChI is InChI=1S/C13H21NO/c1-9(2)7-11(4)14-12-5-6-13(15)10(3)8-12/h5-6,8-9,11,14-15H,7H2,1-4H3. The van der Waals surface area contributed by atoms with E-state index in [0.717, 1.165) is 17.7 Å². The molecule has 0 aliphatic rings. The third-order valence-electron chi connectivity index (χ3n) is 2.43. The van der Waals surface area contributed by atoms with Gasteiger partial charge >= 0.3 is 0 Å². The van der Waals surface area contributed by atoms with E-state index in [1.165, 1.54) is 0 Å². The lowest BCUT2D eigenvalue weighted by Gasteiger charge is -2.17. The molecule has 2 nitrogen and oxygen atoms in total. The minimum atomic E-state index is 0.358. The van der Waals surface area contributed by atoms with Crippen molar-refractivity contribution in [1.82, 2.24) is 0 Å². The number of hydrogen-bond donors (Lipinski definition) is 2. The molecule has 0 spiro atoms. The summed E-state index contributed by atoms with van der Waals surface area (Å²) in [6.45, 7) is 8.54. The van der Waals surface area contributed by atoms with Crippen molar-refractivity contribution in [2.45, 2.75) is 40.2 Å². The Kier molecular flexibility index (Phi) is 4.01. The first kappa shape index (κ1) is 11.9. The molecule has 1 rings (SSSR count). The predicted molar refractivity (Wildman–Crippen MR) is 65.4 cm³/mol. The average molecular weight is 207 g/mol. The molecule has 0 aliphatic carbocycles. The quantitative estimate of drug-likeness (QED) is 0.740. The highest BCUT2D eigenvalue weighted by Gasteiger charge is 2.05. The molecule has 1 unspecified atom stereocenters. The fourth-order valence-electron chi connectivity index (χ4n) is 1.80. The van der Waals surface area contributed by atoms with Gasteiger partial charge in [-0.2, -0.15) is 0 Å². The Morgan fingerprint density at radius 1 is 1.27 bits per heavy atom. The molecule has 0 bridgehead atoms. The molecular weight excluding hydrogens is 186 g/mol. The maximum atomic E-state index is 9.40. The lowest BCUT2D eigenvalue weighted by Crippen LogP contribution is -2.17. The van der Waals surface area contributed by atoms with E-state index in [1.807, 2.05) is 19.1 Å². The molecule has 0 heterocycles. The number of phenolic OH excluding ortho intramolecular Hbond substituents is 1. The largest absolute Gasteiger partial charge is 0.508 e. The molecule has 0 amide bonds. The predicted octanol–water partition coefficient (Wildman–Crippen LogP) is 3.55. The topological polar surface area (TPSA) is 32.3 Å². The maximum absolute atomic E-state index is 9.40. The van der Waals surface area contributed by atoms with Crippen molar-refractivity contribution in [1.29, 1.82) is 0 Å². The zero-order chi connectivity index (χ0) is 11.4. The van der Waals surface area contributed by atoms with E-state index >= 15 is 0 Å². The fraction of sp³-hybridized carbons (Fsp3) is 0.538. The number of aryl methyl sites for hydroxylation is 1. The Morgan fingerprint density at radius 3 is 2.47 bits per heavy atom. The van der Waals surface area contributed by atoms with Crippen LogP contribution in [-0.2, 0) is 0 Å². The molecule has 0 aliphatic heterocycles. The van der Waals surface area contributed by atoms with E-state index in [0.29, 0.717) is 17.7 Å². The zero-order valence-corrected chi connectivity index (χ0v) is 10.0. The number of benzene rings is 1. The van der Waals surface area contributed by atoms with Crippen molar-refractivity contribution < 1.29 is 5.11 Å². The van der Waals surface area contributed by atoms with Gasteiger partial charge in [-0.1, -0.05) is 13.8 Å². The Balaban J connectivity index is 2.60. The number of rotatable bonds is 4. The summed E-state index contributed by atoms with van der Waals surface area (Å²) in [5.41, 5.74) is 2.00. The van der Waals surface area contributed by atoms with Gasteiger partial charge in [-0.3, -0.25) is 0 Å². The van der Waals surface area contributed by atoms with Crippen LogP contribution in [-0.4, -0.2) is 11.1 Å². The van der Waals surface area contributed by atoms with E-state index in [4.69, 9.17) is 0 Å². The highest BCUT2D eigenvalue weighted by atomic mass is 16.3. The van der Waals surface area contributed by atoms with Crippen molar-refractivity contribution in [2.24, 2.45) is 5.92 Å². The van der Waals surface area contributed by atoms with Crippen molar-refractivity contribution in [2.75, 3.05) is 5.32 Å². The summed E-state index contributed by atoms with van der Waals surface area (Å²) >= 11 is 0. The van der Waals surface area contributed by atoms with Gasteiger partial charge in [-0.05, 0) is 49.9 Å². The van der Waals surface area contributed by atoms with Crippen LogP contribution in [0.4, 0.5) is 5.69 Å². The van der Waals surface area contributed by atoms with Crippen molar-refractivity contribution in [3.63, 3.8) is 0 Å². The molecule has 0 saturated carbocycles. The van der Waals surface area contributed by atoms with Gasteiger partial charge < -0.3 is 10.4 Å². The highest BCUT2D eigenvalue weighted by molar-refractivity contribution is 5.50. The summed E-state index contributed by atoms with van der Waals surface area (Å²) < 4.78 is 0. The molecule has 2 heteroatoms. The number of nitrogens with one attached hydrogen (secondary N) is 1. The van der Waals surface area contributed by atoms with Crippen molar-refractivity contribution in [3.05, 3.63) is 23.8 Å². The Morgan fingerprint density at radius 2 is 1.93 bits per heavy atom.